The number of hydrogen-bond acceptors (Lipinski definition) is 5. The van der Waals surface area contributed by atoms with E-state index in [-0.39, 0.29) is 12.6 Å². The molecule has 2 aliphatic rings. The highest BCUT2D eigenvalue weighted by Crippen LogP contribution is 2.38. The van der Waals surface area contributed by atoms with E-state index < -0.39 is 23.8 Å². The molecule has 2 atom stereocenters. The highest BCUT2D eigenvalue weighted by Gasteiger charge is 2.44. The first-order chi connectivity index (χ1) is 25.2. The first kappa shape index (κ1) is 39.3. The SMILES string of the molecule is CC.FC(F)C(F)(F)Oc1cccc([C@@](Cc2ccccc2)(NCOCC2C=C(N(c3ccccc3)C3CCCCC3)CC2)c2ccc(Cl)cn2)c1. The van der Waals surface area contributed by atoms with Crippen LogP contribution in [0, 0.1) is 5.92 Å². The minimum atomic E-state index is -4.66. The maximum Gasteiger partial charge on any atom is 0.461 e. The van der Waals surface area contributed by atoms with Crippen LogP contribution in [0.1, 0.15) is 75.6 Å². The number of ether oxygens (including phenoxy) is 2. The molecule has 1 N–H and O–H groups in total. The molecule has 1 aromatic heterocycles. The van der Waals surface area contributed by atoms with Gasteiger partial charge in [0.05, 0.1) is 29.6 Å². The fourth-order valence-corrected chi connectivity index (χ4v) is 7.29. The molecule has 4 aromatic rings. The summed E-state index contributed by atoms with van der Waals surface area (Å²) in [5.74, 6) is -0.182. The minimum Gasteiger partial charge on any atom is -0.428 e. The van der Waals surface area contributed by atoms with Crippen LogP contribution >= 0.6 is 11.6 Å². The molecule has 2 aliphatic carbocycles. The number of nitrogens with one attached hydrogen (secondary N) is 1. The number of nitrogens with zero attached hydrogens (tertiary/aromatic N) is 2. The smallest absolute Gasteiger partial charge is 0.428 e. The highest BCUT2D eigenvalue weighted by atomic mass is 35.5. The summed E-state index contributed by atoms with van der Waals surface area (Å²) in [7, 11) is 0. The number of hydrogen-bond donors (Lipinski definition) is 1. The van der Waals surface area contributed by atoms with Crippen LogP contribution in [0.3, 0.4) is 0 Å². The molecule has 52 heavy (non-hydrogen) atoms. The topological polar surface area (TPSA) is 46.6 Å². The van der Waals surface area contributed by atoms with Crippen LogP contribution in [-0.4, -0.2) is 36.9 Å². The van der Waals surface area contributed by atoms with Gasteiger partial charge < -0.3 is 14.4 Å². The molecule has 0 spiro atoms. The summed E-state index contributed by atoms with van der Waals surface area (Å²) in [4.78, 5) is 7.18. The molecular formula is C42H48ClF4N3O2. The van der Waals surface area contributed by atoms with E-state index in [1.165, 1.54) is 67.9 Å². The summed E-state index contributed by atoms with van der Waals surface area (Å²) in [6, 6.07) is 30.0. The van der Waals surface area contributed by atoms with Gasteiger partial charge in [-0.25, -0.2) is 0 Å². The Balaban J connectivity index is 0.00000257. The Morgan fingerprint density at radius 2 is 1.60 bits per heavy atom. The Bertz CT molecular complexity index is 1690. The Labute approximate surface area is 310 Å². The molecule has 1 unspecified atom stereocenters. The third kappa shape index (κ3) is 9.94. The summed E-state index contributed by atoms with van der Waals surface area (Å²) in [6.07, 6.45) is 3.65. The number of aromatic nitrogens is 1. The number of benzene rings is 3. The number of para-hydroxylation sites is 1. The fraction of sp³-hybridized carbons (Fsp3) is 0.405. The lowest BCUT2D eigenvalue weighted by molar-refractivity contribution is -0.253. The zero-order valence-electron chi connectivity index (χ0n) is 29.8. The lowest BCUT2D eigenvalue weighted by atomic mass is 9.80. The molecule has 0 amide bonds. The highest BCUT2D eigenvalue weighted by molar-refractivity contribution is 6.30. The molecule has 1 saturated carbocycles. The number of pyridine rings is 1. The van der Waals surface area contributed by atoms with Crippen LogP contribution in [0.2, 0.25) is 5.02 Å². The van der Waals surface area contributed by atoms with Gasteiger partial charge in [0.15, 0.2) is 0 Å². The maximum absolute atomic E-state index is 14.0. The second-order valence-electron chi connectivity index (χ2n) is 13.1. The van der Waals surface area contributed by atoms with Gasteiger partial charge in [-0.15, -0.1) is 0 Å². The zero-order valence-corrected chi connectivity index (χ0v) is 30.6. The van der Waals surface area contributed by atoms with Crippen molar-refractivity contribution in [3.05, 3.63) is 137 Å². The lowest BCUT2D eigenvalue weighted by Crippen LogP contribution is -2.47. The van der Waals surface area contributed by atoms with E-state index in [0.717, 1.165) is 18.4 Å². The third-order valence-corrected chi connectivity index (χ3v) is 9.83. The van der Waals surface area contributed by atoms with Crippen molar-refractivity contribution in [3.63, 3.8) is 0 Å². The molecule has 0 saturated heterocycles. The molecule has 1 fully saturated rings. The number of rotatable bonds is 15. The Kier molecular flexibility index (Phi) is 14.1. The largest absolute Gasteiger partial charge is 0.461 e. The van der Waals surface area contributed by atoms with Gasteiger partial charge in [0.25, 0.3) is 0 Å². The van der Waals surface area contributed by atoms with Crippen molar-refractivity contribution < 1.29 is 27.0 Å². The normalized spacial score (nSPS) is 17.5. The van der Waals surface area contributed by atoms with Gasteiger partial charge >= 0.3 is 12.5 Å². The van der Waals surface area contributed by atoms with Gasteiger partial charge in [-0.2, -0.15) is 17.6 Å². The fourth-order valence-electron chi connectivity index (χ4n) is 7.18. The average molecular weight is 738 g/mol. The molecule has 0 radical (unpaired) electrons. The number of allylic oxidation sites excluding steroid dienone is 1. The van der Waals surface area contributed by atoms with Crippen molar-refractivity contribution >= 4 is 17.3 Å². The number of anilines is 1. The van der Waals surface area contributed by atoms with Gasteiger partial charge in [-0.1, -0.05) is 111 Å². The lowest BCUT2D eigenvalue weighted by Gasteiger charge is -2.37. The molecule has 10 heteroatoms. The van der Waals surface area contributed by atoms with Gasteiger partial charge in [0.2, 0.25) is 0 Å². The van der Waals surface area contributed by atoms with Crippen LogP contribution in [-0.2, 0) is 16.7 Å². The second-order valence-corrected chi connectivity index (χ2v) is 13.5. The van der Waals surface area contributed by atoms with E-state index in [1.807, 2.05) is 44.2 Å². The third-order valence-electron chi connectivity index (χ3n) is 9.60. The van der Waals surface area contributed by atoms with Gasteiger partial charge in [0.1, 0.15) is 5.75 Å². The Morgan fingerprint density at radius 1 is 0.885 bits per heavy atom. The predicted octanol–water partition coefficient (Wildman–Crippen LogP) is 11.2. The zero-order chi connectivity index (χ0) is 37.0. The maximum atomic E-state index is 14.0. The first-order valence-electron chi connectivity index (χ1n) is 18.2. The second kappa shape index (κ2) is 18.7. The molecule has 5 nitrogen and oxygen atoms in total. The molecular weight excluding hydrogens is 690 g/mol. The number of alkyl halides is 4. The van der Waals surface area contributed by atoms with Gasteiger partial charge in [-0.3, -0.25) is 10.3 Å². The molecule has 278 valence electrons. The summed E-state index contributed by atoms with van der Waals surface area (Å²) in [5, 5.41) is 3.96. The molecule has 0 aliphatic heterocycles. The van der Waals surface area contributed by atoms with Crippen molar-refractivity contribution in [3.8, 4) is 5.75 Å². The van der Waals surface area contributed by atoms with E-state index in [2.05, 4.69) is 56.3 Å². The van der Waals surface area contributed by atoms with Crippen molar-refractivity contribution in [2.75, 3.05) is 18.2 Å². The van der Waals surface area contributed by atoms with Crippen molar-refractivity contribution in [1.82, 2.24) is 10.3 Å². The monoisotopic (exact) mass is 737 g/mol. The predicted molar refractivity (Wildman–Crippen MR) is 200 cm³/mol. The van der Waals surface area contributed by atoms with Gasteiger partial charge in [-0.05, 0) is 73.2 Å². The molecule has 3 aromatic carbocycles. The van der Waals surface area contributed by atoms with Crippen molar-refractivity contribution in [2.45, 2.75) is 89.3 Å². The standard InChI is InChI=1S/C40H42ClF4N3O2.C2H6/c41-32-20-22-37(46-26-32)39(25-29-11-4-1-5-12-29,31-13-10-18-36(24-31)50-40(44,45)38(42)43)47-28-49-27-30-19-21-35(23-30)48(33-14-6-2-7-15-33)34-16-8-3-9-17-34;1-2/h1-2,4-7,10-15,18,20,22-24,26,30,34,38,47H,3,8-9,16-17,19,21,25,27-28H2;1-2H3/t30?,39-;/m1./s1. The first-order valence-corrected chi connectivity index (χ1v) is 18.6. The van der Waals surface area contributed by atoms with E-state index in [9.17, 15) is 17.6 Å². The Hall–Kier alpha value is -3.92. The number of halogens is 5. The quantitative estimate of drug-likeness (QED) is 0.0748. The summed E-state index contributed by atoms with van der Waals surface area (Å²) in [5.41, 5.74) is 3.39. The van der Waals surface area contributed by atoms with E-state index in [4.69, 9.17) is 16.3 Å². The Morgan fingerprint density at radius 3 is 2.27 bits per heavy atom. The van der Waals surface area contributed by atoms with Crippen LogP contribution in [0.15, 0.2) is 115 Å². The summed E-state index contributed by atoms with van der Waals surface area (Å²) < 4.78 is 65.0. The van der Waals surface area contributed by atoms with E-state index >= 15 is 0 Å². The van der Waals surface area contributed by atoms with Crippen LogP contribution in [0.4, 0.5) is 23.2 Å². The minimum absolute atomic E-state index is 0.0973. The summed E-state index contributed by atoms with van der Waals surface area (Å²) in [6.45, 7) is 4.57. The average Bonchev–Trinajstić information content (AvgIpc) is 3.63. The molecule has 1 heterocycles. The van der Waals surface area contributed by atoms with E-state index in [0.29, 0.717) is 35.3 Å². The molecule has 6 rings (SSSR count). The van der Waals surface area contributed by atoms with Crippen molar-refractivity contribution in [1.29, 1.82) is 0 Å². The van der Waals surface area contributed by atoms with E-state index in [1.54, 1.807) is 18.2 Å². The van der Waals surface area contributed by atoms with Crippen molar-refractivity contribution in [2.24, 2.45) is 5.92 Å². The summed E-state index contributed by atoms with van der Waals surface area (Å²) >= 11 is 6.23. The van der Waals surface area contributed by atoms with Crippen LogP contribution < -0.4 is 15.0 Å². The van der Waals surface area contributed by atoms with Crippen LogP contribution in [0.25, 0.3) is 0 Å². The van der Waals surface area contributed by atoms with Crippen LogP contribution in [0.5, 0.6) is 5.75 Å². The van der Waals surface area contributed by atoms with Gasteiger partial charge in [0, 0.05) is 36.0 Å². The molecule has 0 bridgehead atoms.